The van der Waals surface area contributed by atoms with Gasteiger partial charge in [0.1, 0.15) is 6.10 Å². The topological polar surface area (TPSA) is 99.1 Å². The average molecular weight is 459 g/mol. The minimum absolute atomic E-state index is 0.0505. The second kappa shape index (κ2) is 11.5. The highest BCUT2D eigenvalue weighted by Crippen LogP contribution is 2.29. The highest BCUT2D eigenvalue weighted by molar-refractivity contribution is 5.76. The van der Waals surface area contributed by atoms with Gasteiger partial charge in [0.15, 0.2) is 0 Å². The molecule has 7 nitrogen and oxygen atoms in total. The first-order valence-electron chi connectivity index (χ1n) is 11.4. The third-order valence-corrected chi connectivity index (χ3v) is 5.24. The summed E-state index contributed by atoms with van der Waals surface area (Å²) in [7, 11) is 0. The molecule has 188 valence electrons. The van der Waals surface area contributed by atoms with Crippen molar-refractivity contribution in [3.63, 3.8) is 0 Å². The zero-order valence-corrected chi connectivity index (χ0v) is 22.2. The largest absolute Gasteiger partial charge is 0.465 e. The summed E-state index contributed by atoms with van der Waals surface area (Å²) in [6, 6.07) is 0. The number of carbonyl (C=O) groups is 3. The molecule has 0 heterocycles. The maximum atomic E-state index is 12.6. The summed E-state index contributed by atoms with van der Waals surface area (Å²) < 4.78 is 16.6. The zero-order valence-electron chi connectivity index (χ0n) is 22.2. The molecular formula is C25H46O7. The fraction of sp³-hybridized carbons (Fsp3) is 0.880. The number of aliphatic hydroxyl groups excluding tert-OH is 1. The quantitative estimate of drug-likeness (QED) is 0.404. The van der Waals surface area contributed by atoms with E-state index in [1.807, 2.05) is 6.92 Å². The lowest BCUT2D eigenvalue weighted by atomic mass is 9.84. The average Bonchev–Trinajstić information content (AvgIpc) is 2.63. The number of rotatable bonds is 9. The van der Waals surface area contributed by atoms with Crippen molar-refractivity contribution in [2.75, 3.05) is 13.2 Å². The Morgan fingerprint density at radius 3 is 1.34 bits per heavy atom. The van der Waals surface area contributed by atoms with E-state index in [0.29, 0.717) is 0 Å². The van der Waals surface area contributed by atoms with E-state index in [0.717, 1.165) is 0 Å². The molecule has 0 amide bonds. The van der Waals surface area contributed by atoms with Crippen LogP contribution in [0, 0.1) is 34.0 Å². The summed E-state index contributed by atoms with van der Waals surface area (Å²) in [5, 5.41) is 11.0. The van der Waals surface area contributed by atoms with E-state index in [1.54, 1.807) is 76.2 Å². The number of esters is 3. The Hall–Kier alpha value is -1.63. The van der Waals surface area contributed by atoms with Crippen molar-refractivity contribution in [1.82, 2.24) is 0 Å². The van der Waals surface area contributed by atoms with Crippen molar-refractivity contribution in [2.24, 2.45) is 34.0 Å². The van der Waals surface area contributed by atoms with Crippen LogP contribution < -0.4 is 0 Å². The van der Waals surface area contributed by atoms with Crippen molar-refractivity contribution in [1.29, 1.82) is 0 Å². The molecule has 0 bridgehead atoms. The fourth-order valence-electron chi connectivity index (χ4n) is 2.80. The van der Waals surface area contributed by atoms with Gasteiger partial charge in [-0.1, -0.05) is 20.8 Å². The first-order valence-corrected chi connectivity index (χ1v) is 11.4. The number of hydrogen-bond donors (Lipinski definition) is 1. The summed E-state index contributed by atoms with van der Waals surface area (Å²) in [5.41, 5.74) is -2.00. The molecule has 32 heavy (non-hydrogen) atoms. The predicted molar refractivity (Wildman–Crippen MR) is 124 cm³/mol. The molecule has 0 fully saturated rings. The van der Waals surface area contributed by atoms with E-state index in [-0.39, 0.29) is 37.0 Å². The number of hydrogen-bond acceptors (Lipinski definition) is 7. The summed E-state index contributed by atoms with van der Waals surface area (Å²) in [4.78, 5) is 36.9. The lowest BCUT2D eigenvalue weighted by Gasteiger charge is -2.36. The van der Waals surface area contributed by atoms with Crippen LogP contribution in [0.3, 0.4) is 0 Å². The van der Waals surface area contributed by atoms with E-state index in [1.165, 1.54) is 0 Å². The molecule has 0 aromatic carbocycles. The van der Waals surface area contributed by atoms with Crippen LogP contribution in [-0.4, -0.2) is 48.4 Å². The minimum Gasteiger partial charge on any atom is -0.465 e. The van der Waals surface area contributed by atoms with Gasteiger partial charge < -0.3 is 19.3 Å². The zero-order chi connectivity index (χ0) is 25.7. The summed E-state index contributed by atoms with van der Waals surface area (Å²) in [6.07, 6.45) is -1.59. The van der Waals surface area contributed by atoms with Gasteiger partial charge in [-0.15, -0.1) is 0 Å². The lowest BCUT2D eigenvalue weighted by molar-refractivity contribution is -0.172. The Morgan fingerprint density at radius 2 is 1.00 bits per heavy atom. The van der Waals surface area contributed by atoms with E-state index in [4.69, 9.17) is 14.2 Å². The molecule has 0 unspecified atom stereocenters. The van der Waals surface area contributed by atoms with Gasteiger partial charge in [-0.25, -0.2) is 0 Å². The van der Waals surface area contributed by atoms with Crippen molar-refractivity contribution >= 4 is 17.9 Å². The molecule has 0 aromatic rings. The van der Waals surface area contributed by atoms with Crippen molar-refractivity contribution in [2.45, 2.75) is 95.3 Å². The highest BCUT2D eigenvalue weighted by atomic mass is 16.6. The first kappa shape index (κ1) is 30.4. The number of aliphatic hydroxyl groups is 1. The molecule has 0 saturated heterocycles. The van der Waals surface area contributed by atoms with Gasteiger partial charge >= 0.3 is 17.9 Å². The SMILES string of the molecule is C[C@@H]([C@H](O)[C@H](C)COC(=O)C(C)(C)C)[C@@H](OC(=O)C(C)(C)C)[C@@H](C)COC(=O)C(C)(C)C. The second-order valence-corrected chi connectivity index (χ2v) is 12.1. The van der Waals surface area contributed by atoms with Gasteiger partial charge in [-0.2, -0.15) is 0 Å². The monoisotopic (exact) mass is 458 g/mol. The van der Waals surface area contributed by atoms with Crippen LogP contribution in [0.15, 0.2) is 0 Å². The standard InChI is InChI=1S/C25H46O7/c1-15(13-30-20(27)23(4,5)6)18(26)17(3)19(32-22(29)25(10,11)12)16(2)14-31-21(28)24(7,8)9/h15-19,26H,13-14H2,1-12H3/t15-,16+,17+,18-,19+/m1/s1. The number of carbonyl (C=O) groups excluding carboxylic acids is 3. The van der Waals surface area contributed by atoms with E-state index in [2.05, 4.69) is 0 Å². The van der Waals surface area contributed by atoms with Crippen LogP contribution in [0.1, 0.15) is 83.1 Å². The van der Waals surface area contributed by atoms with Crippen molar-refractivity contribution in [3.05, 3.63) is 0 Å². The van der Waals surface area contributed by atoms with Crippen molar-refractivity contribution < 1.29 is 33.7 Å². The normalized spacial score (nSPS) is 17.5. The fourth-order valence-corrected chi connectivity index (χ4v) is 2.80. The Kier molecular flexibility index (Phi) is 10.9. The Labute approximate surface area is 194 Å². The maximum absolute atomic E-state index is 12.6. The molecule has 0 radical (unpaired) electrons. The van der Waals surface area contributed by atoms with Gasteiger partial charge in [0.05, 0.1) is 35.6 Å². The Morgan fingerprint density at radius 1 is 0.656 bits per heavy atom. The van der Waals surface area contributed by atoms with Gasteiger partial charge in [0.25, 0.3) is 0 Å². The molecule has 0 spiro atoms. The third-order valence-electron chi connectivity index (χ3n) is 5.24. The molecule has 0 aliphatic heterocycles. The summed E-state index contributed by atoms with van der Waals surface area (Å²) in [5.74, 6) is -2.29. The smallest absolute Gasteiger partial charge is 0.311 e. The molecule has 0 aliphatic rings. The molecule has 7 heteroatoms. The maximum Gasteiger partial charge on any atom is 0.311 e. The molecule has 0 aromatic heterocycles. The number of ether oxygens (including phenoxy) is 3. The first-order chi connectivity index (χ1) is 14.2. The molecule has 0 saturated carbocycles. The van der Waals surface area contributed by atoms with Crippen LogP contribution in [0.2, 0.25) is 0 Å². The molecular weight excluding hydrogens is 412 g/mol. The van der Waals surface area contributed by atoms with Crippen LogP contribution in [0.25, 0.3) is 0 Å². The minimum atomic E-state index is -0.902. The molecule has 0 aliphatic carbocycles. The van der Waals surface area contributed by atoms with Crippen LogP contribution in [-0.2, 0) is 28.6 Å². The van der Waals surface area contributed by atoms with Gasteiger partial charge in [-0.3, -0.25) is 14.4 Å². The highest BCUT2D eigenvalue weighted by Gasteiger charge is 2.38. The Balaban J connectivity index is 5.43. The van der Waals surface area contributed by atoms with Crippen LogP contribution in [0.5, 0.6) is 0 Å². The van der Waals surface area contributed by atoms with E-state index in [9.17, 15) is 19.5 Å². The van der Waals surface area contributed by atoms with Crippen LogP contribution >= 0.6 is 0 Å². The second-order valence-electron chi connectivity index (χ2n) is 12.1. The lowest BCUT2D eigenvalue weighted by Crippen LogP contribution is -2.44. The van der Waals surface area contributed by atoms with Crippen LogP contribution in [0.4, 0.5) is 0 Å². The summed E-state index contributed by atoms with van der Waals surface area (Å²) in [6.45, 7) is 21.4. The summed E-state index contributed by atoms with van der Waals surface area (Å²) >= 11 is 0. The molecule has 0 rings (SSSR count). The van der Waals surface area contributed by atoms with Crippen molar-refractivity contribution in [3.8, 4) is 0 Å². The Bertz CT molecular complexity index is 634. The molecule has 5 atom stereocenters. The van der Waals surface area contributed by atoms with E-state index >= 15 is 0 Å². The van der Waals surface area contributed by atoms with Gasteiger partial charge in [0.2, 0.25) is 0 Å². The predicted octanol–water partition coefficient (Wildman–Crippen LogP) is 4.39. The third kappa shape index (κ3) is 9.88. The van der Waals surface area contributed by atoms with Gasteiger partial charge in [-0.05, 0) is 62.3 Å². The van der Waals surface area contributed by atoms with Gasteiger partial charge in [0, 0.05) is 17.8 Å². The molecule has 1 N–H and O–H groups in total. The van der Waals surface area contributed by atoms with E-state index < -0.39 is 40.3 Å².